The summed E-state index contributed by atoms with van der Waals surface area (Å²) in [4.78, 5) is 23.3. The number of esters is 2. The molecule has 0 rings (SSSR count). The van der Waals surface area contributed by atoms with Crippen LogP contribution >= 0.6 is 0 Å². The fourth-order valence-electron chi connectivity index (χ4n) is 2.15. The number of hydrogen-bond acceptors (Lipinski definition) is 4. The van der Waals surface area contributed by atoms with Crippen molar-refractivity contribution in [1.29, 1.82) is 0 Å². The molecule has 4 nitrogen and oxygen atoms in total. The van der Waals surface area contributed by atoms with E-state index < -0.39 is 11.9 Å². The standard InChI is InChI=1S/C20H32O4/c1-5-9-11-17(7-3)15-23-19(21)13-14-20(22)24-16-18(8-4)12-10-6-2/h5-6,13-14,17-18H,1-2,7-12,15-16H2,3-4H3/b14-13-/t17-,18+. The first-order chi connectivity index (χ1) is 11.6. The minimum atomic E-state index is -0.511. The number of hydrogen-bond donors (Lipinski definition) is 0. The molecule has 0 aliphatic heterocycles. The molecule has 0 fully saturated rings. The predicted octanol–water partition coefficient (Wildman–Crippen LogP) is 4.61. The van der Waals surface area contributed by atoms with Crippen LogP contribution in [0.15, 0.2) is 37.5 Å². The summed E-state index contributed by atoms with van der Waals surface area (Å²) in [6.07, 6.45) is 11.6. The molecule has 0 bridgehead atoms. The van der Waals surface area contributed by atoms with Crippen molar-refractivity contribution in [2.75, 3.05) is 13.2 Å². The van der Waals surface area contributed by atoms with Crippen LogP contribution in [-0.4, -0.2) is 25.2 Å². The quantitative estimate of drug-likeness (QED) is 0.264. The number of carbonyl (C=O) groups excluding carboxylic acids is 2. The Bertz CT molecular complexity index is 374. The Kier molecular flexibility index (Phi) is 13.6. The maximum Gasteiger partial charge on any atom is 0.331 e. The second-order valence-electron chi connectivity index (χ2n) is 5.87. The lowest BCUT2D eigenvalue weighted by Crippen LogP contribution is -2.14. The Hall–Kier alpha value is -1.84. The van der Waals surface area contributed by atoms with Crippen LogP contribution in [-0.2, 0) is 19.1 Å². The van der Waals surface area contributed by atoms with Crippen molar-refractivity contribution in [1.82, 2.24) is 0 Å². The molecule has 136 valence electrons. The molecule has 0 aromatic heterocycles. The lowest BCUT2D eigenvalue weighted by atomic mass is 10.0. The molecule has 0 aromatic carbocycles. The van der Waals surface area contributed by atoms with Gasteiger partial charge in [-0.1, -0.05) is 38.8 Å². The summed E-state index contributed by atoms with van der Waals surface area (Å²) in [5, 5.41) is 0. The fourth-order valence-corrected chi connectivity index (χ4v) is 2.15. The van der Waals surface area contributed by atoms with Gasteiger partial charge in [-0.25, -0.2) is 9.59 Å². The van der Waals surface area contributed by atoms with E-state index in [1.54, 1.807) is 0 Å². The summed E-state index contributed by atoms with van der Waals surface area (Å²) in [6, 6.07) is 0. The zero-order valence-corrected chi connectivity index (χ0v) is 15.2. The van der Waals surface area contributed by atoms with Crippen molar-refractivity contribution >= 4 is 11.9 Å². The van der Waals surface area contributed by atoms with E-state index >= 15 is 0 Å². The minimum Gasteiger partial charge on any atom is -0.462 e. The second kappa shape index (κ2) is 14.7. The molecule has 0 spiro atoms. The molecule has 0 amide bonds. The van der Waals surface area contributed by atoms with Crippen LogP contribution in [0.4, 0.5) is 0 Å². The fraction of sp³-hybridized carbons (Fsp3) is 0.600. The first kappa shape index (κ1) is 22.2. The number of carbonyl (C=O) groups is 2. The molecule has 0 heterocycles. The molecule has 0 saturated heterocycles. The third kappa shape index (κ3) is 11.7. The molecule has 2 atom stereocenters. The van der Waals surface area contributed by atoms with E-state index in [1.165, 1.54) is 0 Å². The van der Waals surface area contributed by atoms with Crippen molar-refractivity contribution in [2.24, 2.45) is 11.8 Å². The highest BCUT2D eigenvalue weighted by molar-refractivity contribution is 5.91. The first-order valence-corrected chi connectivity index (χ1v) is 8.80. The third-order valence-corrected chi connectivity index (χ3v) is 3.99. The molecule has 0 N–H and O–H groups in total. The molecule has 0 aliphatic rings. The summed E-state index contributed by atoms with van der Waals surface area (Å²) >= 11 is 0. The largest absolute Gasteiger partial charge is 0.462 e. The van der Waals surface area contributed by atoms with E-state index in [0.717, 1.165) is 50.7 Å². The van der Waals surface area contributed by atoms with E-state index in [-0.39, 0.29) is 0 Å². The van der Waals surface area contributed by atoms with Crippen LogP contribution in [0.1, 0.15) is 52.4 Å². The van der Waals surface area contributed by atoms with Gasteiger partial charge in [0.25, 0.3) is 0 Å². The van der Waals surface area contributed by atoms with Gasteiger partial charge in [-0.05, 0) is 37.5 Å². The van der Waals surface area contributed by atoms with Crippen LogP contribution in [0.3, 0.4) is 0 Å². The van der Waals surface area contributed by atoms with Crippen molar-refractivity contribution < 1.29 is 19.1 Å². The lowest BCUT2D eigenvalue weighted by molar-refractivity contribution is -0.142. The van der Waals surface area contributed by atoms with Gasteiger partial charge in [-0.15, -0.1) is 13.2 Å². The summed E-state index contributed by atoms with van der Waals surface area (Å²) < 4.78 is 10.3. The van der Waals surface area contributed by atoms with E-state index in [1.807, 2.05) is 12.2 Å². The van der Waals surface area contributed by atoms with Crippen molar-refractivity contribution in [3.8, 4) is 0 Å². The lowest BCUT2D eigenvalue weighted by Gasteiger charge is -2.13. The summed E-state index contributed by atoms with van der Waals surface area (Å²) in [7, 11) is 0. The van der Waals surface area contributed by atoms with Gasteiger partial charge in [0.2, 0.25) is 0 Å². The molecule has 24 heavy (non-hydrogen) atoms. The Morgan fingerprint density at radius 2 is 1.21 bits per heavy atom. The smallest absolute Gasteiger partial charge is 0.331 e. The van der Waals surface area contributed by atoms with Gasteiger partial charge in [-0.3, -0.25) is 0 Å². The number of rotatable bonds is 14. The van der Waals surface area contributed by atoms with E-state index in [0.29, 0.717) is 25.0 Å². The van der Waals surface area contributed by atoms with Crippen LogP contribution in [0.25, 0.3) is 0 Å². The summed E-state index contributed by atoms with van der Waals surface area (Å²) in [6.45, 7) is 12.2. The van der Waals surface area contributed by atoms with Gasteiger partial charge in [0.1, 0.15) is 0 Å². The van der Waals surface area contributed by atoms with E-state index in [4.69, 9.17) is 9.47 Å². The third-order valence-electron chi connectivity index (χ3n) is 3.99. The average Bonchev–Trinajstić information content (AvgIpc) is 2.60. The molecule has 0 aliphatic carbocycles. The SMILES string of the molecule is C=CCC[C@@H](CC)COC(=O)/C=C\C(=O)OC[C@@H](CC)CCC=C. The van der Waals surface area contributed by atoms with Gasteiger partial charge in [0.05, 0.1) is 13.2 Å². The molecule has 0 aromatic rings. The monoisotopic (exact) mass is 336 g/mol. The highest BCUT2D eigenvalue weighted by Gasteiger charge is 2.10. The summed E-state index contributed by atoms with van der Waals surface area (Å²) in [5.74, 6) is -0.379. The Morgan fingerprint density at radius 3 is 1.50 bits per heavy atom. The topological polar surface area (TPSA) is 52.6 Å². The minimum absolute atomic E-state index is 0.322. The second-order valence-corrected chi connectivity index (χ2v) is 5.87. The maximum atomic E-state index is 11.6. The van der Waals surface area contributed by atoms with Crippen LogP contribution in [0, 0.1) is 11.8 Å². The zero-order valence-electron chi connectivity index (χ0n) is 15.2. The normalized spacial score (nSPS) is 13.2. The molecule has 4 heteroatoms. The molecule has 0 unspecified atom stereocenters. The summed E-state index contributed by atoms with van der Waals surface area (Å²) in [5.41, 5.74) is 0. The highest BCUT2D eigenvalue weighted by atomic mass is 16.5. The maximum absolute atomic E-state index is 11.6. The molecular formula is C20H32O4. The zero-order chi connectivity index (χ0) is 18.2. The first-order valence-electron chi connectivity index (χ1n) is 8.80. The van der Waals surface area contributed by atoms with Crippen molar-refractivity contribution in [2.45, 2.75) is 52.4 Å². The Morgan fingerprint density at radius 1 is 0.833 bits per heavy atom. The average molecular weight is 336 g/mol. The number of ether oxygens (including phenoxy) is 2. The predicted molar refractivity (Wildman–Crippen MR) is 97.5 cm³/mol. The molecule has 0 radical (unpaired) electrons. The Balaban J connectivity index is 4.08. The van der Waals surface area contributed by atoms with Gasteiger partial charge >= 0.3 is 11.9 Å². The van der Waals surface area contributed by atoms with Gasteiger partial charge in [0.15, 0.2) is 0 Å². The highest BCUT2D eigenvalue weighted by Crippen LogP contribution is 2.13. The van der Waals surface area contributed by atoms with Crippen LogP contribution in [0.5, 0.6) is 0 Å². The van der Waals surface area contributed by atoms with Crippen LogP contribution < -0.4 is 0 Å². The Labute approximate surface area is 146 Å². The van der Waals surface area contributed by atoms with Gasteiger partial charge < -0.3 is 9.47 Å². The van der Waals surface area contributed by atoms with Gasteiger partial charge in [-0.2, -0.15) is 0 Å². The molecular weight excluding hydrogens is 304 g/mol. The van der Waals surface area contributed by atoms with Gasteiger partial charge in [0, 0.05) is 12.2 Å². The van der Waals surface area contributed by atoms with E-state index in [9.17, 15) is 9.59 Å². The van der Waals surface area contributed by atoms with Crippen molar-refractivity contribution in [3.05, 3.63) is 37.5 Å². The van der Waals surface area contributed by atoms with Crippen LogP contribution in [0.2, 0.25) is 0 Å². The molecule has 0 saturated carbocycles. The van der Waals surface area contributed by atoms with Crippen molar-refractivity contribution in [3.63, 3.8) is 0 Å². The van der Waals surface area contributed by atoms with E-state index in [2.05, 4.69) is 27.0 Å². The number of allylic oxidation sites excluding steroid dienone is 2.